The van der Waals surface area contributed by atoms with Crippen LogP contribution in [-0.2, 0) is 28.7 Å². The second-order valence-electron chi connectivity index (χ2n) is 2.29. The molecule has 8 nitrogen and oxygen atoms in total. The van der Waals surface area contributed by atoms with E-state index >= 15 is 0 Å². The average molecular weight is 236 g/mol. The largest absolute Gasteiger partial charge is 0.481 e. The summed E-state index contributed by atoms with van der Waals surface area (Å²) in [6.07, 6.45) is -1.12. The van der Waals surface area contributed by atoms with Crippen LogP contribution in [0.2, 0.25) is 0 Å². The third-order valence-corrected chi connectivity index (χ3v) is 1.05. The molecule has 16 heavy (non-hydrogen) atoms. The molecule has 0 aromatic heterocycles. The molecule has 0 saturated carbocycles. The molecule has 0 spiro atoms. The normalized spacial score (nSPS) is 8.12. The zero-order valence-electron chi connectivity index (χ0n) is 8.76. The number of ether oxygens (including phenoxy) is 2. The summed E-state index contributed by atoms with van der Waals surface area (Å²) in [4.78, 5) is 39.4. The van der Waals surface area contributed by atoms with Gasteiger partial charge in [0.2, 0.25) is 0 Å². The monoisotopic (exact) mass is 236 g/mol. The lowest BCUT2D eigenvalue weighted by molar-refractivity contribution is -0.152. The first-order valence-corrected chi connectivity index (χ1v) is 3.90. The van der Waals surface area contributed by atoms with Crippen LogP contribution in [0.25, 0.3) is 0 Å². The van der Waals surface area contributed by atoms with E-state index < -0.39 is 30.3 Å². The maximum absolute atomic E-state index is 10.3. The lowest BCUT2D eigenvalue weighted by Gasteiger charge is -1.95. The second kappa shape index (κ2) is 9.44. The van der Waals surface area contributed by atoms with Gasteiger partial charge in [-0.15, -0.1) is 0 Å². The van der Waals surface area contributed by atoms with Gasteiger partial charge < -0.3 is 19.7 Å². The van der Waals surface area contributed by atoms with Gasteiger partial charge in [-0.25, -0.2) is 0 Å². The fraction of sp³-hybridized carbons (Fsp3) is 0.500. The van der Waals surface area contributed by atoms with Crippen LogP contribution in [-0.4, -0.2) is 48.3 Å². The molecule has 0 atom stereocenters. The lowest BCUT2D eigenvalue weighted by atomic mass is 10.4. The van der Waals surface area contributed by atoms with Crippen molar-refractivity contribution in [2.75, 3.05) is 14.2 Å². The molecule has 0 saturated heterocycles. The number of aliphatic carboxylic acids is 2. The van der Waals surface area contributed by atoms with E-state index in [9.17, 15) is 19.2 Å². The summed E-state index contributed by atoms with van der Waals surface area (Å²) in [7, 11) is 2.43. The Morgan fingerprint density at radius 2 is 1.12 bits per heavy atom. The Hall–Kier alpha value is -2.12. The Labute approximate surface area is 90.8 Å². The van der Waals surface area contributed by atoms with E-state index in [2.05, 4.69) is 9.47 Å². The van der Waals surface area contributed by atoms with Gasteiger partial charge >= 0.3 is 23.9 Å². The molecule has 0 heterocycles. The molecule has 0 aliphatic rings. The van der Waals surface area contributed by atoms with Crippen LogP contribution < -0.4 is 0 Å². The van der Waals surface area contributed by atoms with Crippen LogP contribution in [0.3, 0.4) is 0 Å². The topological polar surface area (TPSA) is 127 Å². The molecule has 92 valence electrons. The van der Waals surface area contributed by atoms with E-state index in [1.165, 1.54) is 14.2 Å². The van der Waals surface area contributed by atoms with Gasteiger partial charge in [0, 0.05) is 0 Å². The highest BCUT2D eigenvalue weighted by Crippen LogP contribution is 1.85. The minimum Gasteiger partial charge on any atom is -0.481 e. The molecular weight excluding hydrogens is 224 g/mol. The van der Waals surface area contributed by atoms with Gasteiger partial charge in [-0.3, -0.25) is 19.2 Å². The minimum atomic E-state index is -1.31. The highest BCUT2D eigenvalue weighted by molar-refractivity contribution is 5.91. The Balaban J connectivity index is 0. The molecule has 0 bridgehead atoms. The number of carboxylic acid groups (broad SMARTS) is 2. The van der Waals surface area contributed by atoms with Gasteiger partial charge in [-0.1, -0.05) is 0 Å². The van der Waals surface area contributed by atoms with Gasteiger partial charge in [-0.05, 0) is 0 Å². The summed E-state index contributed by atoms with van der Waals surface area (Å²) in [5, 5.41) is 15.4. The van der Waals surface area contributed by atoms with Crippen molar-refractivity contribution >= 4 is 23.9 Å². The molecule has 0 radical (unpaired) electrons. The Bertz CT molecular complexity index is 243. The molecule has 0 aliphatic heterocycles. The fourth-order valence-corrected chi connectivity index (χ4v) is 0.392. The fourth-order valence-electron chi connectivity index (χ4n) is 0.392. The second-order valence-corrected chi connectivity index (χ2v) is 2.29. The summed E-state index contributed by atoms with van der Waals surface area (Å²) >= 11 is 0. The van der Waals surface area contributed by atoms with E-state index in [0.717, 1.165) is 0 Å². The highest BCUT2D eigenvalue weighted by atomic mass is 16.5. The zero-order chi connectivity index (χ0) is 13.1. The summed E-state index contributed by atoms with van der Waals surface area (Å²) in [5.41, 5.74) is 0. The highest BCUT2D eigenvalue weighted by Gasteiger charge is 2.07. The van der Waals surface area contributed by atoms with Crippen molar-refractivity contribution in [2.24, 2.45) is 0 Å². The van der Waals surface area contributed by atoms with Gasteiger partial charge in [-0.2, -0.15) is 0 Å². The summed E-state index contributed by atoms with van der Waals surface area (Å²) < 4.78 is 8.37. The van der Waals surface area contributed by atoms with E-state index in [0.29, 0.717) is 0 Å². The van der Waals surface area contributed by atoms with Crippen molar-refractivity contribution in [3.8, 4) is 0 Å². The van der Waals surface area contributed by atoms with E-state index in [4.69, 9.17) is 10.2 Å². The van der Waals surface area contributed by atoms with Crippen LogP contribution in [0, 0.1) is 0 Å². The number of carbonyl (C=O) groups excluding carboxylic acids is 2. The Kier molecular flexibility index (Phi) is 9.62. The maximum atomic E-state index is 10.3. The van der Waals surface area contributed by atoms with Crippen LogP contribution >= 0.6 is 0 Å². The number of methoxy groups -OCH3 is 2. The van der Waals surface area contributed by atoms with Crippen molar-refractivity contribution in [2.45, 2.75) is 12.8 Å². The first kappa shape index (κ1) is 16.3. The zero-order valence-corrected chi connectivity index (χ0v) is 8.76. The van der Waals surface area contributed by atoms with Crippen molar-refractivity contribution in [3.05, 3.63) is 0 Å². The third-order valence-electron chi connectivity index (χ3n) is 1.05. The van der Waals surface area contributed by atoms with Gasteiger partial charge in [0.1, 0.15) is 12.8 Å². The van der Waals surface area contributed by atoms with Crippen molar-refractivity contribution in [1.29, 1.82) is 0 Å². The summed E-state index contributed by atoms with van der Waals surface area (Å²) in [5.74, 6) is -3.79. The Morgan fingerprint density at radius 3 is 1.25 bits per heavy atom. The molecule has 0 amide bonds. The van der Waals surface area contributed by atoms with Crippen LogP contribution in [0.15, 0.2) is 0 Å². The Morgan fingerprint density at radius 1 is 0.812 bits per heavy atom. The molecule has 0 aliphatic carbocycles. The quantitative estimate of drug-likeness (QED) is 0.483. The van der Waals surface area contributed by atoms with Crippen molar-refractivity contribution in [1.82, 2.24) is 0 Å². The molecule has 0 aromatic carbocycles. The molecule has 8 heteroatoms. The van der Waals surface area contributed by atoms with Gasteiger partial charge in [0.05, 0.1) is 14.2 Å². The molecule has 0 rings (SSSR count). The average Bonchev–Trinajstić information content (AvgIpc) is 2.16. The number of esters is 2. The molecule has 0 aromatic rings. The van der Waals surface area contributed by atoms with Crippen LogP contribution in [0.1, 0.15) is 12.8 Å². The summed E-state index contributed by atoms with van der Waals surface area (Å²) in [6, 6.07) is 0. The first-order chi connectivity index (χ1) is 7.33. The standard InChI is InChI=1S/C5H8O4.C3H4O4/c1-8-4(6)3-5(7)9-2;4-2(5)1-3(6)7/h3H2,1-2H3;1H2,(H,4,5)(H,6,7). The number of rotatable bonds is 4. The molecule has 0 unspecified atom stereocenters. The lowest BCUT2D eigenvalue weighted by Crippen LogP contribution is -2.09. The summed E-state index contributed by atoms with van der Waals surface area (Å²) in [6.45, 7) is 0. The van der Waals surface area contributed by atoms with E-state index in [1.807, 2.05) is 0 Å². The number of hydrogen-bond acceptors (Lipinski definition) is 6. The third kappa shape index (κ3) is 14.4. The van der Waals surface area contributed by atoms with Gasteiger partial charge in [0.25, 0.3) is 0 Å². The molecule has 0 fully saturated rings. The first-order valence-electron chi connectivity index (χ1n) is 3.90. The van der Waals surface area contributed by atoms with E-state index in [-0.39, 0.29) is 6.42 Å². The number of carboxylic acids is 2. The van der Waals surface area contributed by atoms with Crippen molar-refractivity contribution < 1.29 is 38.9 Å². The maximum Gasteiger partial charge on any atom is 0.316 e. The molecular formula is C8H12O8. The van der Waals surface area contributed by atoms with Crippen molar-refractivity contribution in [3.63, 3.8) is 0 Å². The predicted octanol–water partition coefficient (Wildman–Crippen LogP) is -0.732. The SMILES string of the molecule is COC(=O)CC(=O)OC.O=C(O)CC(=O)O. The smallest absolute Gasteiger partial charge is 0.316 e. The van der Waals surface area contributed by atoms with Gasteiger partial charge in [0.15, 0.2) is 0 Å². The minimum absolute atomic E-state index is 0.312. The van der Waals surface area contributed by atoms with Crippen LogP contribution in [0.5, 0.6) is 0 Å². The number of hydrogen-bond donors (Lipinski definition) is 2. The number of carbonyl (C=O) groups is 4. The van der Waals surface area contributed by atoms with Crippen LogP contribution in [0.4, 0.5) is 0 Å². The predicted molar refractivity (Wildman–Crippen MR) is 48.5 cm³/mol. The molecule has 2 N–H and O–H groups in total. The van der Waals surface area contributed by atoms with E-state index in [1.54, 1.807) is 0 Å².